The third kappa shape index (κ3) is 10.1. The number of allylic oxidation sites excluding steroid dienone is 4. The highest BCUT2D eigenvalue weighted by Crippen LogP contribution is 2.31. The van der Waals surface area contributed by atoms with Gasteiger partial charge in [0, 0.05) is 30.1 Å². The number of rotatable bonds is 11. The van der Waals surface area contributed by atoms with Crippen LogP contribution in [-0.4, -0.2) is 30.4 Å². The van der Waals surface area contributed by atoms with E-state index in [1.54, 1.807) is 23.3 Å². The molecule has 0 radical (unpaired) electrons. The Kier molecular flexibility index (Phi) is 13.8. The Hall–Kier alpha value is -2.17. The van der Waals surface area contributed by atoms with Crippen LogP contribution in [0.3, 0.4) is 0 Å². The van der Waals surface area contributed by atoms with Crippen LogP contribution in [0.15, 0.2) is 54.8 Å². The molecule has 1 aliphatic carbocycles. The lowest BCUT2D eigenvalue weighted by Gasteiger charge is -2.13. The first-order chi connectivity index (χ1) is 17.4. The third-order valence-corrected chi connectivity index (χ3v) is 7.39. The van der Waals surface area contributed by atoms with Crippen molar-refractivity contribution in [2.24, 2.45) is 5.92 Å². The minimum absolute atomic E-state index is 0.491. The normalized spacial score (nSPS) is 16.4. The summed E-state index contributed by atoms with van der Waals surface area (Å²) in [6, 6.07) is 8.91. The van der Waals surface area contributed by atoms with Crippen molar-refractivity contribution in [2.45, 2.75) is 65.8 Å². The van der Waals surface area contributed by atoms with Gasteiger partial charge in [-0.1, -0.05) is 88.6 Å². The second kappa shape index (κ2) is 16.6. The summed E-state index contributed by atoms with van der Waals surface area (Å²) in [6.07, 6.45) is 13.9. The maximum Gasteiger partial charge on any atom is 0.123 e. The average Bonchev–Trinajstić information content (AvgIpc) is 3.52. The molecule has 0 bridgehead atoms. The van der Waals surface area contributed by atoms with Gasteiger partial charge in [0.15, 0.2) is 0 Å². The van der Waals surface area contributed by atoms with Gasteiger partial charge in [0.05, 0.1) is 16.5 Å². The molecule has 1 heterocycles. The van der Waals surface area contributed by atoms with Gasteiger partial charge in [-0.2, -0.15) is 5.26 Å². The molecule has 3 rings (SSSR count). The molecule has 2 aromatic rings. The Morgan fingerprint density at radius 3 is 2.83 bits per heavy atom. The average molecular weight is 523 g/mol. The number of aromatic nitrogens is 1. The van der Waals surface area contributed by atoms with Gasteiger partial charge >= 0.3 is 0 Å². The lowest BCUT2D eigenvalue weighted by molar-refractivity contribution is 0.602. The van der Waals surface area contributed by atoms with Crippen molar-refractivity contribution in [1.82, 2.24) is 15.0 Å². The molecule has 6 heteroatoms. The van der Waals surface area contributed by atoms with E-state index in [1.165, 1.54) is 18.4 Å². The lowest BCUT2D eigenvalue weighted by atomic mass is 10.0. The number of nitrogens with zero attached hydrogens (tertiary/aromatic N) is 2. The summed E-state index contributed by atoms with van der Waals surface area (Å²) in [6.45, 7) is 13.9. The maximum atomic E-state index is 9.48. The Balaban J connectivity index is 0.00000106. The van der Waals surface area contributed by atoms with Gasteiger partial charge in [-0.25, -0.2) is 4.98 Å². The largest absolute Gasteiger partial charge is 0.309 e. The highest BCUT2D eigenvalue weighted by atomic mass is 32.2. The zero-order valence-corrected chi connectivity index (χ0v) is 24.2. The fourth-order valence-electron chi connectivity index (χ4n) is 3.92. The first-order valence-electron chi connectivity index (χ1n) is 13.0. The number of aryl methyl sites for hydroxylation is 1. The molecule has 194 valence electrons. The quantitative estimate of drug-likeness (QED) is 0.179. The van der Waals surface area contributed by atoms with Crippen molar-refractivity contribution < 1.29 is 0 Å². The van der Waals surface area contributed by atoms with Crippen LogP contribution < -0.4 is 10.0 Å². The molecule has 0 amide bonds. The molecule has 1 aromatic heterocycles. The number of nitriles is 1. The number of hydrogen-bond acceptors (Lipinski definition) is 6. The van der Waals surface area contributed by atoms with Crippen LogP contribution in [0.4, 0.5) is 0 Å². The lowest BCUT2D eigenvalue weighted by Crippen LogP contribution is -2.30. The van der Waals surface area contributed by atoms with Gasteiger partial charge in [-0.15, -0.1) is 11.3 Å². The van der Waals surface area contributed by atoms with E-state index in [1.807, 2.05) is 19.3 Å². The monoisotopic (exact) mass is 522 g/mol. The molecule has 1 fully saturated rings. The topological polar surface area (TPSA) is 60.7 Å². The van der Waals surface area contributed by atoms with Crippen LogP contribution in [-0.2, 0) is 6.42 Å². The first-order valence-corrected chi connectivity index (χ1v) is 14.8. The van der Waals surface area contributed by atoms with E-state index >= 15 is 0 Å². The van der Waals surface area contributed by atoms with E-state index in [0.29, 0.717) is 6.04 Å². The van der Waals surface area contributed by atoms with E-state index in [0.717, 1.165) is 69.6 Å². The van der Waals surface area contributed by atoms with Crippen LogP contribution in [0.2, 0.25) is 0 Å². The fourth-order valence-corrected chi connectivity index (χ4v) is 5.20. The number of benzene rings is 1. The second-order valence-corrected chi connectivity index (χ2v) is 11.7. The summed E-state index contributed by atoms with van der Waals surface area (Å²) in [7, 11) is 1.96. The zero-order valence-electron chi connectivity index (χ0n) is 22.6. The smallest absolute Gasteiger partial charge is 0.123 e. The Morgan fingerprint density at radius 1 is 1.36 bits per heavy atom. The van der Waals surface area contributed by atoms with E-state index < -0.39 is 0 Å². The van der Waals surface area contributed by atoms with Gasteiger partial charge in [0.2, 0.25) is 0 Å². The Morgan fingerprint density at radius 2 is 2.14 bits per heavy atom. The SMILES string of the molecule is C=C(/C=C\C=C1/CCCC1NCCSNC)c1cnc(-c2ccc(CCC)c(C#N)c2)s1.CC(C)C. The van der Waals surface area contributed by atoms with Gasteiger partial charge in [0.25, 0.3) is 0 Å². The first kappa shape index (κ1) is 30.1. The highest BCUT2D eigenvalue weighted by molar-refractivity contribution is 7.97. The molecule has 2 N–H and O–H groups in total. The van der Waals surface area contributed by atoms with Crippen molar-refractivity contribution in [1.29, 1.82) is 5.26 Å². The maximum absolute atomic E-state index is 9.48. The van der Waals surface area contributed by atoms with Crippen LogP contribution in [0.1, 0.15) is 69.4 Å². The summed E-state index contributed by atoms with van der Waals surface area (Å²) in [5.74, 6) is 1.90. The minimum Gasteiger partial charge on any atom is -0.309 e. The Bertz CT molecular complexity index is 1060. The number of hydrogen-bond donors (Lipinski definition) is 2. The van der Waals surface area contributed by atoms with Gasteiger partial charge in [-0.3, -0.25) is 4.72 Å². The van der Waals surface area contributed by atoms with Crippen molar-refractivity contribution >= 4 is 28.9 Å². The summed E-state index contributed by atoms with van der Waals surface area (Å²) in [4.78, 5) is 5.64. The van der Waals surface area contributed by atoms with Crippen molar-refractivity contribution in [2.75, 3.05) is 19.3 Å². The van der Waals surface area contributed by atoms with E-state index in [9.17, 15) is 5.26 Å². The molecular formula is C30H42N4S2. The molecule has 4 nitrogen and oxygen atoms in total. The molecule has 1 unspecified atom stereocenters. The van der Waals surface area contributed by atoms with Crippen LogP contribution in [0, 0.1) is 17.2 Å². The number of nitrogens with one attached hydrogen (secondary N) is 2. The standard InChI is InChI=1S/C26H32N4S2.C4H10/c1-4-7-20-12-13-22(16-23(20)17-27)26-30-18-25(32-26)19(2)8-5-9-21-10-6-11-24(21)29-14-15-31-28-3;1-4(2)3/h5,8-9,12-13,16,18,24,28-29H,2,4,6-7,10-11,14-15H2,1,3H3;4H,1-3H3/b8-5-,21-9+;. The summed E-state index contributed by atoms with van der Waals surface area (Å²) < 4.78 is 3.11. The molecule has 1 atom stereocenters. The molecule has 0 aliphatic heterocycles. The van der Waals surface area contributed by atoms with E-state index in [-0.39, 0.29) is 0 Å². The van der Waals surface area contributed by atoms with E-state index in [2.05, 4.69) is 85.7 Å². The van der Waals surface area contributed by atoms with Crippen LogP contribution >= 0.6 is 23.3 Å². The van der Waals surface area contributed by atoms with Crippen molar-refractivity contribution in [3.05, 3.63) is 70.8 Å². The van der Waals surface area contributed by atoms with Crippen molar-refractivity contribution in [3.8, 4) is 16.6 Å². The molecule has 1 saturated carbocycles. The molecule has 1 aromatic carbocycles. The second-order valence-electron chi connectivity index (χ2n) is 9.57. The van der Waals surface area contributed by atoms with Gasteiger partial charge in [0.1, 0.15) is 5.01 Å². The van der Waals surface area contributed by atoms with Crippen molar-refractivity contribution in [3.63, 3.8) is 0 Å². The van der Waals surface area contributed by atoms with Crippen LogP contribution in [0.5, 0.6) is 0 Å². The molecule has 36 heavy (non-hydrogen) atoms. The molecular weight excluding hydrogens is 480 g/mol. The fraction of sp³-hybridized carbons (Fsp3) is 0.467. The van der Waals surface area contributed by atoms with Gasteiger partial charge < -0.3 is 5.32 Å². The Labute approximate surface area is 227 Å². The predicted molar refractivity (Wildman–Crippen MR) is 160 cm³/mol. The van der Waals surface area contributed by atoms with Gasteiger partial charge in [-0.05, 0) is 55.9 Å². The minimum atomic E-state index is 0.491. The summed E-state index contributed by atoms with van der Waals surface area (Å²) >= 11 is 3.36. The summed E-state index contributed by atoms with van der Waals surface area (Å²) in [5.41, 5.74) is 5.28. The summed E-state index contributed by atoms with van der Waals surface area (Å²) in [5, 5.41) is 14.1. The predicted octanol–water partition coefficient (Wildman–Crippen LogP) is 7.80. The number of thiazole rings is 1. The molecule has 0 saturated heterocycles. The third-order valence-electron chi connectivity index (χ3n) is 5.57. The zero-order chi connectivity index (χ0) is 26.3. The molecule has 0 spiro atoms. The molecule has 1 aliphatic rings. The highest BCUT2D eigenvalue weighted by Gasteiger charge is 2.19. The van der Waals surface area contributed by atoms with E-state index in [4.69, 9.17) is 0 Å². The van der Waals surface area contributed by atoms with Crippen LogP contribution in [0.25, 0.3) is 16.1 Å².